The summed E-state index contributed by atoms with van der Waals surface area (Å²) in [6.07, 6.45) is 2.44. The van der Waals surface area contributed by atoms with E-state index in [4.69, 9.17) is 16.3 Å². The number of amides is 1. The van der Waals surface area contributed by atoms with Crippen molar-refractivity contribution >= 4 is 51.3 Å². The number of halogens is 1. The third-order valence-corrected chi connectivity index (χ3v) is 7.24. The molecule has 4 aromatic rings. The number of hydrogen-bond donors (Lipinski definition) is 2. The minimum Gasteiger partial charge on any atom is -0.507 e. The van der Waals surface area contributed by atoms with Crippen LogP contribution < -0.4 is 4.74 Å². The molecule has 1 aliphatic rings. The van der Waals surface area contributed by atoms with E-state index in [0.717, 1.165) is 27.1 Å². The number of carbonyl (C=O) groups excluding carboxylic acids is 2. The second kappa shape index (κ2) is 9.00. The van der Waals surface area contributed by atoms with Crippen LogP contribution in [0.25, 0.3) is 16.7 Å². The van der Waals surface area contributed by atoms with Crippen LogP contribution in [0.4, 0.5) is 0 Å². The average molecular weight is 493 g/mol. The monoisotopic (exact) mass is 492 g/mol. The summed E-state index contributed by atoms with van der Waals surface area (Å²) in [5.41, 5.74) is 2.51. The number of aromatic amines is 1. The van der Waals surface area contributed by atoms with E-state index in [2.05, 4.69) is 4.98 Å². The number of aliphatic hydroxyl groups is 1. The van der Waals surface area contributed by atoms with Crippen LogP contribution in [0, 0.1) is 0 Å². The summed E-state index contributed by atoms with van der Waals surface area (Å²) in [6, 6.07) is 15.4. The van der Waals surface area contributed by atoms with Gasteiger partial charge in [-0.25, -0.2) is 0 Å². The molecule has 5 rings (SSSR count). The van der Waals surface area contributed by atoms with Crippen LogP contribution in [0.15, 0.2) is 71.7 Å². The molecule has 2 aromatic heterocycles. The van der Waals surface area contributed by atoms with Gasteiger partial charge in [-0.05, 0) is 65.9 Å². The highest BCUT2D eigenvalue weighted by molar-refractivity contribution is 7.10. The van der Waals surface area contributed by atoms with Crippen molar-refractivity contribution < 1.29 is 19.4 Å². The van der Waals surface area contributed by atoms with Crippen molar-refractivity contribution in [3.63, 3.8) is 0 Å². The summed E-state index contributed by atoms with van der Waals surface area (Å²) >= 11 is 7.42. The summed E-state index contributed by atoms with van der Waals surface area (Å²) in [6.45, 7) is 0.314. The molecular weight excluding hydrogens is 472 g/mol. The van der Waals surface area contributed by atoms with E-state index in [1.807, 2.05) is 41.9 Å². The zero-order valence-corrected chi connectivity index (χ0v) is 19.8. The number of hydrogen-bond acceptors (Lipinski definition) is 5. The lowest BCUT2D eigenvalue weighted by Crippen LogP contribution is -2.31. The Morgan fingerprint density at radius 1 is 1.18 bits per heavy atom. The lowest BCUT2D eigenvalue weighted by molar-refractivity contribution is -0.139. The number of thiophene rings is 1. The number of nitrogens with zero attached hydrogens (tertiary/aromatic N) is 1. The molecule has 1 amide bonds. The highest BCUT2D eigenvalue weighted by Gasteiger charge is 2.46. The molecule has 1 saturated heterocycles. The van der Waals surface area contributed by atoms with Crippen LogP contribution in [0.2, 0.25) is 5.02 Å². The van der Waals surface area contributed by atoms with Gasteiger partial charge in [0.05, 0.1) is 18.7 Å². The molecule has 172 valence electrons. The van der Waals surface area contributed by atoms with Gasteiger partial charge in [0.1, 0.15) is 11.5 Å². The number of rotatable bonds is 6. The van der Waals surface area contributed by atoms with Crippen LogP contribution in [0.5, 0.6) is 5.75 Å². The van der Waals surface area contributed by atoms with Gasteiger partial charge < -0.3 is 19.7 Å². The fourth-order valence-corrected chi connectivity index (χ4v) is 5.32. The number of carbonyl (C=O) groups is 2. The SMILES string of the molecule is COc1ccc2[nH]cc(CCN3C(=O)C(=O)/C(=C(\O)c4ccc(Cl)cc4)C3c3cccs3)c2c1. The summed E-state index contributed by atoms with van der Waals surface area (Å²) in [4.78, 5) is 31.8. The van der Waals surface area contributed by atoms with Crippen LogP contribution in [0.1, 0.15) is 22.0 Å². The Morgan fingerprint density at radius 2 is 1.97 bits per heavy atom. The number of nitrogens with one attached hydrogen (secondary N) is 1. The summed E-state index contributed by atoms with van der Waals surface area (Å²) in [5.74, 6) is -0.763. The molecule has 0 spiro atoms. The Kier molecular flexibility index (Phi) is 5.89. The normalized spacial score (nSPS) is 17.6. The van der Waals surface area contributed by atoms with Crippen molar-refractivity contribution in [1.82, 2.24) is 9.88 Å². The quantitative estimate of drug-likeness (QED) is 0.210. The maximum Gasteiger partial charge on any atom is 0.295 e. The molecule has 6 nitrogen and oxygen atoms in total. The molecule has 2 aromatic carbocycles. The molecular formula is C26H21ClN2O4S. The predicted octanol–water partition coefficient (Wildman–Crippen LogP) is 5.56. The molecule has 0 radical (unpaired) electrons. The second-order valence-electron chi connectivity index (χ2n) is 7.99. The first-order valence-corrected chi connectivity index (χ1v) is 12.0. The van der Waals surface area contributed by atoms with E-state index >= 15 is 0 Å². The fourth-order valence-electron chi connectivity index (χ4n) is 4.35. The molecule has 0 aliphatic carbocycles. The highest BCUT2D eigenvalue weighted by atomic mass is 35.5. The van der Waals surface area contributed by atoms with Gasteiger partial charge in [0.2, 0.25) is 0 Å². The van der Waals surface area contributed by atoms with E-state index in [-0.39, 0.29) is 11.3 Å². The highest BCUT2D eigenvalue weighted by Crippen LogP contribution is 2.41. The molecule has 8 heteroatoms. The van der Waals surface area contributed by atoms with E-state index < -0.39 is 17.7 Å². The number of H-pyrrole nitrogens is 1. The van der Waals surface area contributed by atoms with Gasteiger partial charge in [0, 0.05) is 39.1 Å². The number of ketones is 1. The zero-order valence-electron chi connectivity index (χ0n) is 18.2. The van der Waals surface area contributed by atoms with E-state index in [0.29, 0.717) is 23.6 Å². The zero-order chi connectivity index (χ0) is 23.8. The van der Waals surface area contributed by atoms with Crippen molar-refractivity contribution in [2.45, 2.75) is 12.5 Å². The summed E-state index contributed by atoms with van der Waals surface area (Å²) in [5, 5.41) is 14.5. The van der Waals surface area contributed by atoms with Gasteiger partial charge >= 0.3 is 0 Å². The standard InChI is InChI=1S/C26H21ClN2O4S/c1-33-18-8-9-20-19(13-18)16(14-28-20)10-11-29-23(21-3-2-12-34-21)22(25(31)26(29)32)24(30)15-4-6-17(27)7-5-15/h2-9,12-14,23,28,30H,10-11H2,1H3/b24-22-. The predicted molar refractivity (Wildman–Crippen MR) is 133 cm³/mol. The average Bonchev–Trinajstić information content (AvgIpc) is 3.57. The van der Waals surface area contributed by atoms with Crippen molar-refractivity contribution in [2.24, 2.45) is 0 Å². The molecule has 1 aliphatic heterocycles. The minimum atomic E-state index is -0.688. The maximum atomic E-state index is 13.1. The van der Waals surface area contributed by atoms with Crippen LogP contribution in [-0.2, 0) is 16.0 Å². The van der Waals surface area contributed by atoms with Gasteiger partial charge in [-0.2, -0.15) is 0 Å². The maximum absolute atomic E-state index is 13.1. The van der Waals surface area contributed by atoms with Crippen molar-refractivity contribution in [3.05, 3.63) is 92.8 Å². The number of aromatic nitrogens is 1. The van der Waals surface area contributed by atoms with Crippen molar-refractivity contribution in [1.29, 1.82) is 0 Å². The van der Waals surface area contributed by atoms with Crippen molar-refractivity contribution in [3.8, 4) is 5.75 Å². The Morgan fingerprint density at radius 3 is 2.68 bits per heavy atom. The first kappa shape index (κ1) is 22.3. The van der Waals surface area contributed by atoms with Gasteiger partial charge in [-0.3, -0.25) is 9.59 Å². The topological polar surface area (TPSA) is 82.6 Å². The number of benzene rings is 2. The molecule has 0 saturated carbocycles. The molecule has 1 unspecified atom stereocenters. The molecule has 1 atom stereocenters. The Balaban J connectivity index is 1.52. The second-order valence-corrected chi connectivity index (χ2v) is 9.41. The van der Waals surface area contributed by atoms with Crippen LogP contribution >= 0.6 is 22.9 Å². The van der Waals surface area contributed by atoms with Crippen molar-refractivity contribution in [2.75, 3.05) is 13.7 Å². The first-order valence-electron chi connectivity index (χ1n) is 10.7. The number of aliphatic hydroxyl groups excluding tert-OH is 1. The lowest BCUT2D eigenvalue weighted by atomic mass is 10.00. The molecule has 3 heterocycles. The largest absolute Gasteiger partial charge is 0.507 e. The van der Waals surface area contributed by atoms with E-state index in [1.54, 1.807) is 36.3 Å². The van der Waals surface area contributed by atoms with Crippen LogP contribution in [-0.4, -0.2) is 40.3 Å². The molecule has 2 N–H and O–H groups in total. The minimum absolute atomic E-state index is 0.0929. The van der Waals surface area contributed by atoms with Gasteiger partial charge in [0.25, 0.3) is 11.7 Å². The molecule has 34 heavy (non-hydrogen) atoms. The first-order chi connectivity index (χ1) is 16.5. The van der Waals surface area contributed by atoms with E-state index in [9.17, 15) is 14.7 Å². The third kappa shape index (κ3) is 3.87. The number of ether oxygens (including phenoxy) is 1. The smallest absolute Gasteiger partial charge is 0.295 e. The van der Waals surface area contributed by atoms with Gasteiger partial charge in [-0.15, -0.1) is 11.3 Å². The Labute approximate surface area is 205 Å². The van der Waals surface area contributed by atoms with Gasteiger partial charge in [-0.1, -0.05) is 17.7 Å². The number of likely N-dealkylation sites (tertiary alicyclic amines) is 1. The Bertz CT molecular complexity index is 1410. The fraction of sp³-hybridized carbons (Fsp3) is 0.154. The number of fused-ring (bicyclic) bond motifs is 1. The Hall–Kier alpha value is -3.55. The lowest BCUT2D eigenvalue weighted by Gasteiger charge is -2.24. The number of Topliss-reactive ketones (excluding diaryl/α,β-unsaturated/α-hetero) is 1. The summed E-state index contributed by atoms with van der Waals surface area (Å²) < 4.78 is 5.35. The van der Waals surface area contributed by atoms with E-state index in [1.165, 1.54) is 11.3 Å². The number of methoxy groups -OCH3 is 1. The third-order valence-electron chi connectivity index (χ3n) is 6.07. The van der Waals surface area contributed by atoms with Gasteiger partial charge in [0.15, 0.2) is 0 Å². The van der Waals surface area contributed by atoms with Crippen LogP contribution in [0.3, 0.4) is 0 Å². The summed E-state index contributed by atoms with van der Waals surface area (Å²) in [7, 11) is 1.62. The molecule has 1 fully saturated rings. The molecule has 0 bridgehead atoms.